The third-order valence-corrected chi connectivity index (χ3v) is 1.53. The van der Waals surface area contributed by atoms with Crippen molar-refractivity contribution >= 4 is 4.42 Å². The van der Waals surface area contributed by atoms with Gasteiger partial charge in [-0.05, 0) is 0 Å². The average Bonchev–Trinajstić information content (AvgIpc) is 1.90. The van der Waals surface area contributed by atoms with Crippen LogP contribution in [0.5, 0.6) is 0 Å². The minimum absolute atomic E-state index is 0.0376. The second kappa shape index (κ2) is 2.85. The Labute approximate surface area is 63.7 Å². The molecule has 0 spiro atoms. The molecule has 9 heavy (non-hydrogen) atoms. The molecule has 2 nitrogen and oxygen atoms in total. The first-order valence-electron chi connectivity index (χ1n) is 2.44. The minimum atomic E-state index is 0.0376. The summed E-state index contributed by atoms with van der Waals surface area (Å²) in [4.78, 5) is 10.6. The molecule has 0 aromatic carbocycles. The fraction of sp³-hybridized carbons (Fsp3) is 0. The number of carbonyl (C=O) groups excluding carboxylic acids is 1. The Morgan fingerprint density at radius 1 is 1.22 bits per heavy atom. The van der Waals surface area contributed by atoms with Crippen LogP contribution in [0.15, 0.2) is 30.6 Å². The van der Waals surface area contributed by atoms with Gasteiger partial charge in [-0.15, -0.1) is 0 Å². The molecule has 0 bridgehead atoms. The molecule has 0 aliphatic heterocycles. The average molecular weight is 299 g/mol. The van der Waals surface area contributed by atoms with Gasteiger partial charge in [0.05, 0.1) is 0 Å². The predicted molar refractivity (Wildman–Crippen MR) is 27.4 cm³/mol. The van der Waals surface area contributed by atoms with Gasteiger partial charge < -0.3 is 0 Å². The zero-order valence-electron chi connectivity index (χ0n) is 4.58. The van der Waals surface area contributed by atoms with Gasteiger partial charge in [0, 0.05) is 0 Å². The van der Waals surface area contributed by atoms with Crippen LogP contribution in [0.25, 0.3) is 0 Å². The Hall–Kier alpha value is -0.531. The summed E-state index contributed by atoms with van der Waals surface area (Å²) in [6.07, 6.45) is 3.45. The van der Waals surface area contributed by atoms with Crippen LogP contribution in [0.4, 0.5) is 4.79 Å². The van der Waals surface area contributed by atoms with Crippen LogP contribution in [0, 0.1) is 0 Å². The maximum absolute atomic E-state index is 10.6. The van der Waals surface area contributed by atoms with Crippen LogP contribution in [0.1, 0.15) is 0 Å². The summed E-state index contributed by atoms with van der Waals surface area (Å²) < 4.78 is 1.57. The van der Waals surface area contributed by atoms with E-state index in [0.29, 0.717) is 0 Å². The Morgan fingerprint density at radius 3 is 2.11 bits per heavy atom. The summed E-state index contributed by atoms with van der Waals surface area (Å²) in [7, 11) is 0. The van der Waals surface area contributed by atoms with Gasteiger partial charge >= 0.3 is 63.3 Å². The van der Waals surface area contributed by atoms with E-state index in [1.54, 1.807) is 12.4 Å². The molecule has 48 valence electrons. The van der Waals surface area contributed by atoms with Crippen LogP contribution in [-0.4, -0.2) is 4.42 Å². The number of hydrogen-bond donors (Lipinski definition) is 0. The molecule has 1 heterocycles. The zero-order chi connectivity index (χ0) is 6.69. The molecule has 0 atom stereocenters. The Kier molecular flexibility index (Phi) is 2.09. The molecule has 0 aliphatic rings. The molecule has 1 aromatic heterocycles. The number of pyridine rings is 1. The van der Waals surface area contributed by atoms with Gasteiger partial charge in [-0.2, -0.15) is 0 Å². The fourth-order valence-electron chi connectivity index (χ4n) is 0.509. The van der Waals surface area contributed by atoms with Gasteiger partial charge in [0.1, 0.15) is 0 Å². The van der Waals surface area contributed by atoms with Crippen LogP contribution < -0.4 is 4.57 Å². The predicted octanol–water partition coefficient (Wildman–Crippen LogP) is 0.489. The number of rotatable bonds is 0. The third-order valence-electron chi connectivity index (χ3n) is 0.907. The molecule has 0 saturated heterocycles. The standard InChI is InChI=1S/C6H5NO.Ir/c8-6-7-4-2-1-3-5-7;/h1-5H;/q+1;. The van der Waals surface area contributed by atoms with E-state index in [9.17, 15) is 4.79 Å². The maximum atomic E-state index is 10.6. The molecule has 3 heteroatoms. The van der Waals surface area contributed by atoms with Crippen molar-refractivity contribution in [2.75, 3.05) is 0 Å². The van der Waals surface area contributed by atoms with Gasteiger partial charge in [-0.1, -0.05) is 0 Å². The van der Waals surface area contributed by atoms with E-state index in [1.165, 1.54) is 23.5 Å². The van der Waals surface area contributed by atoms with Crippen molar-refractivity contribution in [3.05, 3.63) is 30.6 Å². The Morgan fingerprint density at radius 2 is 1.78 bits per heavy atom. The summed E-state index contributed by atoms with van der Waals surface area (Å²) in [5, 5.41) is 0. The zero-order valence-corrected chi connectivity index (χ0v) is 6.97. The normalized spacial score (nSPS) is 9.11. The van der Waals surface area contributed by atoms with Crippen LogP contribution in [0.2, 0.25) is 0 Å². The first-order chi connectivity index (χ1) is 4.30. The van der Waals surface area contributed by atoms with E-state index < -0.39 is 0 Å². The molecule has 0 fully saturated rings. The van der Waals surface area contributed by atoms with E-state index in [1.807, 2.05) is 18.2 Å². The van der Waals surface area contributed by atoms with Crippen LogP contribution >= 0.6 is 0 Å². The van der Waals surface area contributed by atoms with E-state index >= 15 is 0 Å². The summed E-state index contributed by atoms with van der Waals surface area (Å²) in [6.45, 7) is 0. The van der Waals surface area contributed by atoms with Gasteiger partial charge in [-0.25, -0.2) is 0 Å². The molecule has 0 N–H and O–H groups in total. The molecular formula is C6H5IrNO+. The van der Waals surface area contributed by atoms with Crippen molar-refractivity contribution in [3.63, 3.8) is 0 Å². The summed E-state index contributed by atoms with van der Waals surface area (Å²) in [6, 6.07) is 5.52. The van der Waals surface area contributed by atoms with E-state index in [2.05, 4.69) is 0 Å². The molecule has 0 saturated carbocycles. The first-order valence-corrected chi connectivity index (χ1v) is 3.64. The molecule has 1 aromatic rings. The van der Waals surface area contributed by atoms with Crippen molar-refractivity contribution in [2.45, 2.75) is 0 Å². The molecular weight excluding hydrogens is 294 g/mol. The topological polar surface area (TPSA) is 20.9 Å². The van der Waals surface area contributed by atoms with Crippen molar-refractivity contribution < 1.29 is 28.3 Å². The summed E-state index contributed by atoms with van der Waals surface area (Å²) in [5.74, 6) is 0. The Balaban J connectivity index is 2.98. The van der Waals surface area contributed by atoms with E-state index in [0.717, 1.165) is 0 Å². The molecule has 0 unspecified atom stereocenters. The van der Waals surface area contributed by atoms with Crippen LogP contribution in [0.3, 0.4) is 0 Å². The third kappa shape index (κ3) is 1.70. The van der Waals surface area contributed by atoms with E-state index in [-0.39, 0.29) is 4.42 Å². The second-order valence-corrected chi connectivity index (χ2v) is 2.54. The van der Waals surface area contributed by atoms with Gasteiger partial charge in [0.2, 0.25) is 0 Å². The van der Waals surface area contributed by atoms with Crippen LogP contribution in [-0.2, 0) is 18.9 Å². The van der Waals surface area contributed by atoms with E-state index in [4.69, 9.17) is 0 Å². The number of nitrogens with zero attached hydrogens (tertiary/aromatic N) is 1. The van der Waals surface area contributed by atoms with Crippen molar-refractivity contribution in [1.29, 1.82) is 0 Å². The number of aromatic nitrogens is 1. The number of carbonyl (C=O) groups is 1. The molecule has 0 aliphatic carbocycles. The second-order valence-electron chi connectivity index (χ2n) is 1.52. The van der Waals surface area contributed by atoms with Crippen molar-refractivity contribution in [1.82, 2.24) is 0 Å². The van der Waals surface area contributed by atoms with Gasteiger partial charge in [0.15, 0.2) is 0 Å². The fourth-order valence-corrected chi connectivity index (χ4v) is 0.866. The van der Waals surface area contributed by atoms with Gasteiger partial charge in [0.25, 0.3) is 0 Å². The summed E-state index contributed by atoms with van der Waals surface area (Å²) in [5.41, 5.74) is 0. The number of hydrogen-bond acceptors (Lipinski definition) is 1. The van der Waals surface area contributed by atoms with Crippen molar-refractivity contribution in [3.8, 4) is 0 Å². The summed E-state index contributed by atoms with van der Waals surface area (Å²) >= 11 is 1.53. The van der Waals surface area contributed by atoms with Crippen molar-refractivity contribution in [2.24, 2.45) is 0 Å². The monoisotopic (exact) mass is 300 g/mol. The SMILES string of the molecule is O=[C]([Ir])[n+]1ccccc1. The first kappa shape index (κ1) is 6.59. The Bertz CT molecular complexity index is 210. The quantitative estimate of drug-likeness (QED) is 0.639. The molecule has 1 rings (SSSR count). The molecule has 0 radical (unpaired) electrons. The molecule has 0 amide bonds. The van der Waals surface area contributed by atoms with Gasteiger partial charge in [-0.3, -0.25) is 0 Å².